The maximum atomic E-state index is 12.2. The van der Waals surface area contributed by atoms with Gasteiger partial charge in [-0.1, -0.05) is 0 Å². The summed E-state index contributed by atoms with van der Waals surface area (Å²) in [6, 6.07) is 0.692. The van der Waals surface area contributed by atoms with E-state index in [9.17, 15) is 4.79 Å². The van der Waals surface area contributed by atoms with Gasteiger partial charge < -0.3 is 15.0 Å². The smallest absolute Gasteiger partial charge is 0.228 e. The second-order valence-electron chi connectivity index (χ2n) is 5.57. The van der Waals surface area contributed by atoms with Gasteiger partial charge in [0.25, 0.3) is 0 Å². The lowest BCUT2D eigenvalue weighted by atomic mass is 10.1. The minimum absolute atomic E-state index is 0. The van der Waals surface area contributed by atoms with Crippen LogP contribution in [0.25, 0.3) is 0 Å². The maximum Gasteiger partial charge on any atom is 0.228 e. The first-order valence-corrected chi connectivity index (χ1v) is 7.16. The van der Waals surface area contributed by atoms with Gasteiger partial charge in [0, 0.05) is 45.4 Å². The summed E-state index contributed by atoms with van der Waals surface area (Å²) in [5.41, 5.74) is 0. The second-order valence-corrected chi connectivity index (χ2v) is 5.57. The molecule has 3 aliphatic heterocycles. The van der Waals surface area contributed by atoms with E-state index < -0.39 is 0 Å². The van der Waals surface area contributed by atoms with Gasteiger partial charge in [0.15, 0.2) is 0 Å². The molecule has 0 aromatic heterocycles. The fourth-order valence-corrected chi connectivity index (χ4v) is 3.25. The maximum absolute atomic E-state index is 12.2. The van der Waals surface area contributed by atoms with Crippen LogP contribution in [-0.4, -0.2) is 74.2 Å². The molecule has 0 aliphatic carbocycles. The summed E-state index contributed by atoms with van der Waals surface area (Å²) in [7, 11) is 0. The summed E-state index contributed by atoms with van der Waals surface area (Å²) >= 11 is 0. The van der Waals surface area contributed by atoms with Crippen LogP contribution in [0.1, 0.15) is 12.8 Å². The van der Waals surface area contributed by atoms with Crippen LogP contribution in [0.4, 0.5) is 0 Å². The summed E-state index contributed by atoms with van der Waals surface area (Å²) in [4.78, 5) is 16.8. The number of ether oxygens (including phenoxy) is 1. The van der Waals surface area contributed by atoms with E-state index in [-0.39, 0.29) is 18.3 Å². The lowest BCUT2D eigenvalue weighted by molar-refractivity contribution is -0.137. The highest BCUT2D eigenvalue weighted by Gasteiger charge is 2.32. The molecule has 3 heterocycles. The fraction of sp³-hybridized carbons (Fsp3) is 0.923. The van der Waals surface area contributed by atoms with E-state index in [2.05, 4.69) is 10.2 Å². The SMILES string of the molecule is Cl.O=C(C1CCOC1)N1CCN(C2CCNC2)CC1. The fourth-order valence-electron chi connectivity index (χ4n) is 3.25. The van der Waals surface area contributed by atoms with E-state index >= 15 is 0 Å². The minimum atomic E-state index is 0. The average Bonchev–Trinajstić information content (AvgIpc) is 3.11. The number of amides is 1. The molecule has 110 valence electrons. The third-order valence-corrected chi connectivity index (χ3v) is 4.46. The monoisotopic (exact) mass is 289 g/mol. The Hall–Kier alpha value is -0.360. The Morgan fingerprint density at radius 2 is 1.95 bits per heavy atom. The van der Waals surface area contributed by atoms with E-state index in [0.29, 0.717) is 18.6 Å². The first-order valence-electron chi connectivity index (χ1n) is 7.16. The Kier molecular flexibility index (Phi) is 5.45. The summed E-state index contributed by atoms with van der Waals surface area (Å²) in [5.74, 6) is 0.446. The largest absolute Gasteiger partial charge is 0.381 e. The Labute approximate surface area is 121 Å². The first-order chi connectivity index (χ1) is 8.84. The molecule has 0 saturated carbocycles. The van der Waals surface area contributed by atoms with E-state index in [4.69, 9.17) is 4.74 Å². The zero-order chi connectivity index (χ0) is 12.4. The van der Waals surface area contributed by atoms with Gasteiger partial charge in [-0.05, 0) is 19.4 Å². The highest BCUT2D eigenvalue weighted by molar-refractivity contribution is 5.85. The van der Waals surface area contributed by atoms with Crippen LogP contribution in [0, 0.1) is 5.92 Å². The Balaban J connectivity index is 0.00000133. The molecule has 2 atom stereocenters. The Morgan fingerprint density at radius 1 is 1.16 bits per heavy atom. The van der Waals surface area contributed by atoms with Crippen LogP contribution in [-0.2, 0) is 9.53 Å². The van der Waals surface area contributed by atoms with Gasteiger partial charge in [-0.3, -0.25) is 9.69 Å². The van der Waals surface area contributed by atoms with Crippen molar-refractivity contribution in [3.05, 3.63) is 0 Å². The van der Waals surface area contributed by atoms with Crippen molar-refractivity contribution in [1.82, 2.24) is 15.1 Å². The Bertz CT molecular complexity index is 296. The number of nitrogens with zero attached hydrogens (tertiary/aromatic N) is 2. The van der Waals surface area contributed by atoms with Crippen LogP contribution in [0.3, 0.4) is 0 Å². The van der Waals surface area contributed by atoms with Crippen LogP contribution in [0.5, 0.6) is 0 Å². The molecule has 1 amide bonds. The molecule has 0 bridgehead atoms. The van der Waals surface area contributed by atoms with Crippen LogP contribution < -0.4 is 5.32 Å². The van der Waals surface area contributed by atoms with E-state index in [1.165, 1.54) is 6.42 Å². The van der Waals surface area contributed by atoms with Gasteiger partial charge in [0.2, 0.25) is 5.91 Å². The summed E-state index contributed by atoms with van der Waals surface area (Å²) in [5, 5.41) is 3.41. The first kappa shape index (κ1) is 15.0. The summed E-state index contributed by atoms with van der Waals surface area (Å²) < 4.78 is 5.31. The molecular weight excluding hydrogens is 266 g/mol. The highest BCUT2D eigenvalue weighted by Crippen LogP contribution is 2.18. The van der Waals surface area contributed by atoms with Gasteiger partial charge in [-0.2, -0.15) is 0 Å². The standard InChI is InChI=1S/C13H23N3O2.ClH/c17-13(11-2-8-18-10-11)16-6-4-15(5-7-16)12-1-3-14-9-12;/h11-12,14H,1-10H2;1H. The molecule has 19 heavy (non-hydrogen) atoms. The molecule has 0 radical (unpaired) electrons. The number of piperazine rings is 1. The molecular formula is C13H24ClN3O2. The van der Waals surface area contributed by atoms with Gasteiger partial charge in [0.1, 0.15) is 0 Å². The molecule has 0 spiro atoms. The van der Waals surface area contributed by atoms with E-state index in [1.807, 2.05) is 4.90 Å². The molecule has 3 rings (SSSR count). The number of halogens is 1. The highest BCUT2D eigenvalue weighted by atomic mass is 35.5. The second kappa shape index (κ2) is 6.88. The molecule has 3 fully saturated rings. The normalized spacial score (nSPS) is 32.3. The van der Waals surface area contributed by atoms with Crippen molar-refractivity contribution in [2.75, 3.05) is 52.5 Å². The number of hydrogen-bond acceptors (Lipinski definition) is 4. The van der Waals surface area contributed by atoms with E-state index in [0.717, 1.165) is 52.3 Å². The molecule has 0 aromatic carbocycles. The van der Waals surface area contributed by atoms with Crippen molar-refractivity contribution >= 4 is 18.3 Å². The molecule has 0 aromatic rings. The van der Waals surface area contributed by atoms with Crippen molar-refractivity contribution in [1.29, 1.82) is 0 Å². The van der Waals surface area contributed by atoms with Crippen molar-refractivity contribution in [3.8, 4) is 0 Å². The third-order valence-electron chi connectivity index (χ3n) is 4.46. The van der Waals surface area contributed by atoms with Crippen LogP contribution >= 0.6 is 12.4 Å². The van der Waals surface area contributed by atoms with Gasteiger partial charge in [-0.15, -0.1) is 12.4 Å². The molecule has 3 aliphatic rings. The molecule has 3 saturated heterocycles. The minimum Gasteiger partial charge on any atom is -0.381 e. The predicted octanol–water partition coefficient (Wildman–Crippen LogP) is -0.0492. The number of carbonyl (C=O) groups excluding carboxylic acids is 1. The van der Waals surface area contributed by atoms with Crippen LogP contribution in [0.2, 0.25) is 0 Å². The lowest BCUT2D eigenvalue weighted by Gasteiger charge is -2.38. The zero-order valence-electron chi connectivity index (χ0n) is 11.3. The van der Waals surface area contributed by atoms with Crippen LogP contribution in [0.15, 0.2) is 0 Å². The third kappa shape index (κ3) is 3.40. The number of hydrogen-bond donors (Lipinski definition) is 1. The summed E-state index contributed by atoms with van der Waals surface area (Å²) in [6.07, 6.45) is 2.16. The molecule has 6 heteroatoms. The number of carbonyl (C=O) groups is 1. The number of rotatable bonds is 2. The van der Waals surface area contributed by atoms with Gasteiger partial charge >= 0.3 is 0 Å². The number of nitrogens with one attached hydrogen (secondary N) is 1. The predicted molar refractivity (Wildman–Crippen MR) is 75.6 cm³/mol. The van der Waals surface area contributed by atoms with Gasteiger partial charge in [0.05, 0.1) is 12.5 Å². The molecule has 1 N–H and O–H groups in total. The van der Waals surface area contributed by atoms with Crippen molar-refractivity contribution < 1.29 is 9.53 Å². The van der Waals surface area contributed by atoms with Crippen molar-refractivity contribution in [2.24, 2.45) is 5.92 Å². The molecule has 2 unspecified atom stereocenters. The quantitative estimate of drug-likeness (QED) is 0.774. The molecule has 5 nitrogen and oxygen atoms in total. The van der Waals surface area contributed by atoms with E-state index in [1.54, 1.807) is 0 Å². The Morgan fingerprint density at radius 3 is 2.53 bits per heavy atom. The zero-order valence-corrected chi connectivity index (χ0v) is 12.2. The average molecular weight is 290 g/mol. The van der Waals surface area contributed by atoms with Crippen molar-refractivity contribution in [2.45, 2.75) is 18.9 Å². The van der Waals surface area contributed by atoms with Gasteiger partial charge in [-0.25, -0.2) is 0 Å². The topological polar surface area (TPSA) is 44.8 Å². The lowest BCUT2D eigenvalue weighted by Crippen LogP contribution is -2.53. The van der Waals surface area contributed by atoms with Crippen molar-refractivity contribution in [3.63, 3.8) is 0 Å². The summed E-state index contributed by atoms with van der Waals surface area (Å²) in [6.45, 7) is 7.50.